The molecule has 4 nitrogen and oxygen atoms in total. The molecule has 3 rings (SSSR count). The third-order valence-electron chi connectivity index (χ3n) is 3.64. The third-order valence-corrected chi connectivity index (χ3v) is 3.64. The van der Waals surface area contributed by atoms with Gasteiger partial charge in [0.1, 0.15) is 11.4 Å². The second kappa shape index (κ2) is 5.89. The van der Waals surface area contributed by atoms with Crippen molar-refractivity contribution in [1.29, 1.82) is 0 Å². The van der Waals surface area contributed by atoms with E-state index in [4.69, 9.17) is 9.47 Å². The van der Waals surface area contributed by atoms with E-state index in [1.165, 1.54) is 15.7 Å². The Balaban J connectivity index is 1.90. The maximum Gasteiger partial charge on any atom is 0.245 e. The van der Waals surface area contributed by atoms with Gasteiger partial charge in [0.05, 0.1) is 0 Å². The predicted octanol–water partition coefficient (Wildman–Crippen LogP) is 2.05. The summed E-state index contributed by atoms with van der Waals surface area (Å²) in [4.78, 5) is 6.39. The molecular formula is C17H19B2FN2O2. The highest BCUT2D eigenvalue weighted by Crippen LogP contribution is 2.40. The molecule has 24 heavy (non-hydrogen) atoms. The molecule has 0 N–H and O–H groups in total. The van der Waals surface area contributed by atoms with Crippen LogP contribution >= 0.6 is 0 Å². The zero-order chi connectivity index (χ0) is 17.5. The zero-order valence-electron chi connectivity index (χ0n) is 14.3. The van der Waals surface area contributed by atoms with Gasteiger partial charge in [0.2, 0.25) is 5.88 Å². The maximum atomic E-state index is 13.5. The molecule has 1 aliphatic heterocycles. The molecule has 1 aromatic carbocycles. The third kappa shape index (κ3) is 3.25. The number of anilines is 1. The number of hydrogen-bond donors (Lipinski definition) is 0. The molecular weight excluding hydrogens is 305 g/mol. The molecule has 0 fully saturated rings. The second-order valence-corrected chi connectivity index (χ2v) is 6.50. The van der Waals surface area contributed by atoms with Crippen LogP contribution in [-0.4, -0.2) is 32.4 Å². The Morgan fingerprint density at radius 3 is 2.50 bits per heavy atom. The first kappa shape index (κ1) is 16.4. The van der Waals surface area contributed by atoms with Gasteiger partial charge < -0.3 is 14.4 Å². The Morgan fingerprint density at radius 2 is 1.92 bits per heavy atom. The fourth-order valence-corrected chi connectivity index (χ4v) is 2.71. The van der Waals surface area contributed by atoms with Crippen molar-refractivity contribution in [2.45, 2.75) is 25.5 Å². The van der Waals surface area contributed by atoms with Crippen molar-refractivity contribution in [3.63, 3.8) is 0 Å². The summed E-state index contributed by atoms with van der Waals surface area (Å²) in [5, 5.41) is 0. The largest absolute Gasteiger partial charge is 0.475 e. The highest BCUT2D eigenvalue weighted by atomic mass is 19.2. The van der Waals surface area contributed by atoms with Gasteiger partial charge in [0.25, 0.3) is 0 Å². The van der Waals surface area contributed by atoms with Gasteiger partial charge in [-0.15, -0.1) is 0 Å². The van der Waals surface area contributed by atoms with E-state index in [2.05, 4.69) is 25.4 Å². The first-order valence-electron chi connectivity index (χ1n) is 7.89. The Bertz CT molecular complexity index is 773. The lowest BCUT2D eigenvalue weighted by atomic mass is 9.78. The summed E-state index contributed by atoms with van der Waals surface area (Å²) in [5.74, 6) is 1.64. The van der Waals surface area contributed by atoms with Crippen LogP contribution in [0.2, 0.25) is 0 Å². The van der Waals surface area contributed by atoms with Gasteiger partial charge >= 0.3 is 0 Å². The quantitative estimate of drug-likeness (QED) is 0.807. The number of halogens is 1. The van der Waals surface area contributed by atoms with Crippen molar-refractivity contribution >= 4 is 21.4 Å². The number of pyridine rings is 1. The molecule has 0 amide bonds. The Labute approximate surface area is 143 Å². The first-order valence-corrected chi connectivity index (χ1v) is 7.89. The normalized spacial score (nSPS) is 13.8. The van der Waals surface area contributed by atoms with Crippen LogP contribution in [-0.2, 0) is 0 Å². The molecule has 0 bridgehead atoms. The molecule has 0 saturated carbocycles. The maximum absolute atomic E-state index is 13.5. The molecule has 122 valence electrons. The van der Waals surface area contributed by atoms with Gasteiger partial charge in [-0.25, -0.2) is 9.37 Å². The lowest BCUT2D eigenvalue weighted by Crippen LogP contribution is -2.31. The van der Waals surface area contributed by atoms with Crippen LogP contribution in [0.5, 0.6) is 11.6 Å². The summed E-state index contributed by atoms with van der Waals surface area (Å²) in [6.07, 6.45) is 1.75. The molecule has 7 heteroatoms. The molecule has 0 aliphatic carbocycles. The molecule has 0 atom stereocenters. The van der Waals surface area contributed by atoms with E-state index in [9.17, 15) is 4.39 Å². The van der Waals surface area contributed by atoms with Crippen LogP contribution in [0.1, 0.15) is 13.8 Å². The van der Waals surface area contributed by atoms with Crippen LogP contribution < -0.4 is 14.4 Å². The summed E-state index contributed by atoms with van der Waals surface area (Å²) in [7, 11) is 2.75. The summed E-state index contributed by atoms with van der Waals surface area (Å²) < 4.78 is 24.4. The smallest absolute Gasteiger partial charge is 0.245 e. The van der Waals surface area contributed by atoms with Crippen LogP contribution in [0.15, 0.2) is 49.0 Å². The van der Waals surface area contributed by atoms with Crippen molar-refractivity contribution in [1.82, 2.24) is 4.98 Å². The zero-order valence-corrected chi connectivity index (χ0v) is 14.3. The van der Waals surface area contributed by atoms with Gasteiger partial charge in [-0.3, -0.25) is 0 Å². The number of hydrogen-bond acceptors (Lipinski definition) is 4. The monoisotopic (exact) mass is 324 g/mol. The van der Waals surface area contributed by atoms with E-state index in [1.807, 2.05) is 23.1 Å². The van der Waals surface area contributed by atoms with Gasteiger partial charge in [-0.2, -0.15) is 0 Å². The van der Waals surface area contributed by atoms with Gasteiger partial charge in [0.15, 0.2) is 27.2 Å². The number of nitrogens with zero attached hydrogens (tertiary/aromatic N) is 2. The molecule has 1 aliphatic rings. The van der Waals surface area contributed by atoms with E-state index in [-0.39, 0.29) is 6.04 Å². The average molecular weight is 324 g/mol. The van der Waals surface area contributed by atoms with E-state index in [0.717, 1.165) is 16.8 Å². The fraction of sp³-hybridized carbons (Fsp3) is 0.235. The number of aromatic nitrogens is 1. The average Bonchev–Trinajstić information content (AvgIpc) is 2.81. The fourth-order valence-electron chi connectivity index (χ4n) is 2.71. The van der Waals surface area contributed by atoms with Crippen molar-refractivity contribution in [3.05, 3.63) is 49.0 Å². The Kier molecular flexibility index (Phi) is 4.03. The van der Waals surface area contributed by atoms with Gasteiger partial charge in [-0.1, -0.05) is 12.1 Å². The van der Waals surface area contributed by atoms with Crippen LogP contribution in [0.4, 0.5) is 10.1 Å². The van der Waals surface area contributed by atoms with Gasteiger partial charge in [-0.05, 0) is 44.2 Å². The van der Waals surface area contributed by atoms with E-state index in [0.29, 0.717) is 17.5 Å². The number of alkyl halides is 1. The molecule has 0 radical (unpaired) electrons. The molecule has 1 aromatic heterocycles. The predicted molar refractivity (Wildman–Crippen MR) is 98.6 cm³/mol. The molecule has 0 spiro atoms. The second-order valence-electron chi connectivity index (χ2n) is 6.50. The van der Waals surface area contributed by atoms with Crippen molar-refractivity contribution < 1.29 is 13.9 Å². The molecule has 2 aromatic rings. The van der Waals surface area contributed by atoms with Crippen LogP contribution in [0.3, 0.4) is 0 Å². The standard InChI is InChI=1S/C17H19B2FN2O2/c1-10(2)22-11(3)23-16-15(22)8-13(9-21-16)12-4-6-14(7-5-12)24-17(18,19)20/h4-10H,3,18-19H2,1-2H3. The van der Waals surface area contributed by atoms with Crippen molar-refractivity contribution in [3.8, 4) is 22.8 Å². The number of ether oxygens (including phenoxy) is 2. The van der Waals surface area contributed by atoms with Crippen molar-refractivity contribution in [2.24, 2.45) is 0 Å². The summed E-state index contributed by atoms with van der Waals surface area (Å²) in [5.41, 5.74) is 1.11. The van der Waals surface area contributed by atoms with E-state index < -0.39 is 5.65 Å². The minimum Gasteiger partial charge on any atom is -0.475 e. The Morgan fingerprint density at radius 1 is 1.25 bits per heavy atom. The summed E-state index contributed by atoms with van der Waals surface area (Å²) in [6, 6.07) is 9.51. The Hall–Kier alpha value is -2.43. The minimum atomic E-state index is -1.70. The molecule has 0 unspecified atom stereocenters. The highest BCUT2D eigenvalue weighted by molar-refractivity contribution is 6.37. The van der Waals surface area contributed by atoms with Crippen LogP contribution in [0, 0.1) is 0 Å². The number of benzene rings is 1. The first-order chi connectivity index (χ1) is 11.2. The SMILES string of the molecule is BC(B)(F)Oc1ccc(-c2cnc3c(c2)N(C(C)C)C(=C)O3)cc1. The number of rotatable bonds is 4. The number of fused-ring (bicyclic) bond motifs is 1. The van der Waals surface area contributed by atoms with Gasteiger partial charge in [0, 0.05) is 17.8 Å². The summed E-state index contributed by atoms with van der Waals surface area (Å²) in [6.45, 7) is 8.07. The minimum absolute atomic E-state index is 0.221. The lowest BCUT2D eigenvalue weighted by molar-refractivity contribution is 0.102. The lowest BCUT2D eigenvalue weighted by Gasteiger charge is -2.21. The van der Waals surface area contributed by atoms with E-state index in [1.54, 1.807) is 18.3 Å². The van der Waals surface area contributed by atoms with Crippen molar-refractivity contribution in [2.75, 3.05) is 4.90 Å². The summed E-state index contributed by atoms with van der Waals surface area (Å²) >= 11 is 0. The highest BCUT2D eigenvalue weighted by Gasteiger charge is 2.28. The van der Waals surface area contributed by atoms with E-state index >= 15 is 0 Å². The van der Waals surface area contributed by atoms with Crippen LogP contribution in [0.25, 0.3) is 11.1 Å². The topological polar surface area (TPSA) is 34.6 Å². The molecule has 0 saturated heterocycles. The molecule has 2 heterocycles.